The molecule has 1 N–H and O–H groups in total. The van der Waals surface area contributed by atoms with E-state index in [0.29, 0.717) is 5.75 Å². The van der Waals surface area contributed by atoms with Gasteiger partial charge in [-0.15, -0.1) is 0 Å². The lowest BCUT2D eigenvalue weighted by molar-refractivity contribution is 0.0691. The van der Waals surface area contributed by atoms with Crippen molar-refractivity contribution < 1.29 is 14.3 Å². The van der Waals surface area contributed by atoms with E-state index in [9.17, 15) is 9.18 Å². The summed E-state index contributed by atoms with van der Waals surface area (Å²) in [6.45, 7) is 4.01. The number of pyridine rings is 1. The Hall–Kier alpha value is -1.88. The number of halogens is 1. The predicted octanol–water partition coefficient (Wildman–Crippen LogP) is 3.83. The SMILES string of the molecule is Cc1cc(C)cc(CSc2nccc(C(=O)O)c2F)c1. The number of aromatic carboxylic acids is 1. The first-order chi connectivity index (χ1) is 9.47. The molecule has 2 aromatic rings. The van der Waals surface area contributed by atoms with Crippen molar-refractivity contribution in [3.8, 4) is 0 Å². The smallest absolute Gasteiger partial charge is 0.338 e. The van der Waals surface area contributed by atoms with Crippen LogP contribution in [0.1, 0.15) is 27.0 Å². The zero-order valence-electron chi connectivity index (χ0n) is 11.2. The van der Waals surface area contributed by atoms with E-state index in [1.54, 1.807) is 0 Å². The summed E-state index contributed by atoms with van der Waals surface area (Å²) in [4.78, 5) is 14.8. The molecule has 0 aliphatic carbocycles. The van der Waals surface area contributed by atoms with Crippen molar-refractivity contribution >= 4 is 17.7 Å². The van der Waals surface area contributed by atoms with Crippen LogP contribution in [0.5, 0.6) is 0 Å². The lowest BCUT2D eigenvalue weighted by atomic mass is 10.1. The van der Waals surface area contributed by atoms with Gasteiger partial charge in [-0.1, -0.05) is 41.1 Å². The van der Waals surface area contributed by atoms with Crippen LogP contribution in [0.4, 0.5) is 4.39 Å². The van der Waals surface area contributed by atoms with Crippen LogP contribution >= 0.6 is 11.8 Å². The molecule has 104 valence electrons. The zero-order valence-corrected chi connectivity index (χ0v) is 12.0. The average molecular weight is 291 g/mol. The van der Waals surface area contributed by atoms with Gasteiger partial charge in [-0.05, 0) is 25.5 Å². The Balaban J connectivity index is 2.19. The second kappa shape index (κ2) is 6.05. The van der Waals surface area contributed by atoms with Crippen LogP contribution in [0.25, 0.3) is 0 Å². The van der Waals surface area contributed by atoms with Gasteiger partial charge in [-0.3, -0.25) is 0 Å². The van der Waals surface area contributed by atoms with Crippen LogP contribution < -0.4 is 0 Å². The van der Waals surface area contributed by atoms with E-state index in [4.69, 9.17) is 5.11 Å². The number of nitrogens with zero attached hydrogens (tertiary/aromatic N) is 1. The quantitative estimate of drug-likeness (QED) is 0.870. The molecule has 0 saturated heterocycles. The van der Waals surface area contributed by atoms with Crippen LogP contribution in [-0.4, -0.2) is 16.1 Å². The van der Waals surface area contributed by atoms with E-state index < -0.39 is 11.8 Å². The number of aromatic nitrogens is 1. The summed E-state index contributed by atoms with van der Waals surface area (Å²) in [5.74, 6) is -1.50. The Morgan fingerprint density at radius 3 is 2.55 bits per heavy atom. The normalized spacial score (nSPS) is 10.6. The number of hydrogen-bond acceptors (Lipinski definition) is 3. The van der Waals surface area contributed by atoms with Crippen molar-refractivity contribution in [3.05, 3.63) is 58.5 Å². The topological polar surface area (TPSA) is 50.2 Å². The lowest BCUT2D eigenvalue weighted by Gasteiger charge is -2.06. The molecule has 0 atom stereocenters. The molecule has 20 heavy (non-hydrogen) atoms. The molecule has 0 bridgehead atoms. The van der Waals surface area contributed by atoms with Gasteiger partial charge in [0, 0.05) is 11.9 Å². The first-order valence-electron chi connectivity index (χ1n) is 6.05. The Kier molecular flexibility index (Phi) is 4.39. The lowest BCUT2D eigenvalue weighted by Crippen LogP contribution is -2.02. The van der Waals surface area contributed by atoms with E-state index in [1.807, 2.05) is 26.0 Å². The molecule has 2 rings (SSSR count). The van der Waals surface area contributed by atoms with E-state index in [1.165, 1.54) is 24.0 Å². The van der Waals surface area contributed by atoms with Crippen molar-refractivity contribution in [2.45, 2.75) is 24.6 Å². The number of benzene rings is 1. The minimum Gasteiger partial charge on any atom is -0.478 e. The van der Waals surface area contributed by atoms with Gasteiger partial charge in [-0.25, -0.2) is 14.2 Å². The van der Waals surface area contributed by atoms with Gasteiger partial charge in [0.25, 0.3) is 0 Å². The maximum atomic E-state index is 13.9. The highest BCUT2D eigenvalue weighted by atomic mass is 32.2. The van der Waals surface area contributed by atoms with Crippen LogP contribution in [0.3, 0.4) is 0 Å². The molecular formula is C15H14FNO2S. The second-order valence-electron chi connectivity index (χ2n) is 4.57. The first kappa shape index (κ1) is 14.5. The largest absolute Gasteiger partial charge is 0.478 e. The molecular weight excluding hydrogens is 277 g/mol. The molecule has 3 nitrogen and oxygen atoms in total. The van der Waals surface area contributed by atoms with Gasteiger partial charge in [0.05, 0.1) is 5.56 Å². The molecule has 0 spiro atoms. The molecule has 1 aromatic heterocycles. The third-order valence-electron chi connectivity index (χ3n) is 2.74. The van der Waals surface area contributed by atoms with Gasteiger partial charge < -0.3 is 5.11 Å². The monoisotopic (exact) mass is 291 g/mol. The fourth-order valence-corrected chi connectivity index (χ4v) is 2.84. The van der Waals surface area contributed by atoms with Crippen LogP contribution in [0.15, 0.2) is 35.5 Å². The first-order valence-corrected chi connectivity index (χ1v) is 7.03. The maximum Gasteiger partial charge on any atom is 0.338 e. The fourth-order valence-electron chi connectivity index (χ4n) is 1.99. The van der Waals surface area contributed by atoms with Crippen molar-refractivity contribution in [1.29, 1.82) is 0 Å². The third-order valence-corrected chi connectivity index (χ3v) is 3.78. The van der Waals surface area contributed by atoms with Crippen molar-refractivity contribution in [2.75, 3.05) is 0 Å². The number of carboxylic acids is 1. The number of carbonyl (C=O) groups is 1. The van der Waals surface area contributed by atoms with Gasteiger partial charge in [-0.2, -0.15) is 0 Å². The fraction of sp³-hybridized carbons (Fsp3) is 0.200. The molecule has 0 radical (unpaired) electrons. The van der Waals surface area contributed by atoms with Gasteiger partial charge >= 0.3 is 5.97 Å². The zero-order chi connectivity index (χ0) is 14.7. The highest BCUT2D eigenvalue weighted by Gasteiger charge is 2.15. The molecule has 0 amide bonds. The Labute approximate surface area is 120 Å². The predicted molar refractivity (Wildman–Crippen MR) is 76.6 cm³/mol. The van der Waals surface area contributed by atoms with Crippen LogP contribution in [0, 0.1) is 19.7 Å². The summed E-state index contributed by atoms with van der Waals surface area (Å²) in [6.07, 6.45) is 1.32. The minimum absolute atomic E-state index is 0.115. The number of carboxylic acid groups (broad SMARTS) is 1. The number of thioether (sulfide) groups is 1. The van der Waals surface area contributed by atoms with Gasteiger partial charge in [0.15, 0.2) is 5.82 Å². The van der Waals surface area contributed by atoms with Gasteiger partial charge in [0.1, 0.15) is 5.03 Å². The molecule has 5 heteroatoms. The number of rotatable bonds is 4. The molecule has 1 heterocycles. The molecule has 0 fully saturated rings. The average Bonchev–Trinajstić information content (AvgIpc) is 2.36. The molecule has 1 aromatic carbocycles. The molecule has 0 saturated carbocycles. The summed E-state index contributed by atoms with van der Waals surface area (Å²) in [6, 6.07) is 7.29. The Bertz CT molecular complexity index is 638. The third kappa shape index (κ3) is 3.36. The summed E-state index contributed by atoms with van der Waals surface area (Å²) in [5.41, 5.74) is 3.01. The summed E-state index contributed by atoms with van der Waals surface area (Å²) in [5, 5.41) is 8.99. The Morgan fingerprint density at radius 2 is 1.95 bits per heavy atom. The van der Waals surface area contributed by atoms with Crippen molar-refractivity contribution in [3.63, 3.8) is 0 Å². The summed E-state index contributed by atoms with van der Waals surface area (Å²) in [7, 11) is 0. The van der Waals surface area contributed by atoms with E-state index >= 15 is 0 Å². The van der Waals surface area contributed by atoms with Crippen LogP contribution in [-0.2, 0) is 5.75 Å². The van der Waals surface area contributed by atoms with E-state index in [0.717, 1.165) is 16.7 Å². The van der Waals surface area contributed by atoms with Crippen LogP contribution in [0.2, 0.25) is 0 Å². The van der Waals surface area contributed by atoms with E-state index in [2.05, 4.69) is 11.1 Å². The maximum absolute atomic E-state index is 13.9. The van der Waals surface area contributed by atoms with Crippen molar-refractivity contribution in [2.24, 2.45) is 0 Å². The minimum atomic E-state index is -1.28. The highest BCUT2D eigenvalue weighted by molar-refractivity contribution is 7.98. The van der Waals surface area contributed by atoms with Gasteiger partial charge in [0.2, 0.25) is 0 Å². The summed E-state index contributed by atoms with van der Waals surface area (Å²) >= 11 is 1.20. The molecule has 0 aliphatic heterocycles. The Morgan fingerprint density at radius 1 is 1.30 bits per heavy atom. The highest BCUT2D eigenvalue weighted by Crippen LogP contribution is 2.26. The molecule has 0 unspecified atom stereocenters. The second-order valence-corrected chi connectivity index (χ2v) is 5.53. The van der Waals surface area contributed by atoms with Crippen molar-refractivity contribution in [1.82, 2.24) is 4.98 Å². The number of hydrogen-bond donors (Lipinski definition) is 1. The van der Waals surface area contributed by atoms with E-state index in [-0.39, 0.29) is 10.6 Å². The number of aryl methyl sites for hydroxylation is 2. The summed E-state index contributed by atoms with van der Waals surface area (Å²) < 4.78 is 13.9. The standard InChI is InChI=1S/C15H14FNO2S/c1-9-5-10(2)7-11(6-9)8-20-14-13(16)12(15(18)19)3-4-17-14/h3-7H,8H2,1-2H3,(H,18,19). The molecule has 0 aliphatic rings.